The lowest BCUT2D eigenvalue weighted by atomic mass is 10.1. The predicted molar refractivity (Wildman–Crippen MR) is 105 cm³/mol. The number of hydrogen-bond acceptors (Lipinski definition) is 1. The van der Waals surface area contributed by atoms with Gasteiger partial charge in [0.1, 0.15) is 5.75 Å². The van der Waals surface area contributed by atoms with Crippen LogP contribution in [-0.2, 0) is 13.0 Å². The van der Waals surface area contributed by atoms with Gasteiger partial charge in [-0.25, -0.2) is 0 Å². The van der Waals surface area contributed by atoms with E-state index in [1.807, 2.05) is 12.1 Å². The highest BCUT2D eigenvalue weighted by molar-refractivity contribution is 5.62. The topological polar surface area (TPSA) is 25.2 Å². The Balaban J connectivity index is 1.77. The number of rotatable bonds is 7. The molecule has 0 saturated carbocycles. The molecule has 1 N–H and O–H groups in total. The van der Waals surface area contributed by atoms with Crippen molar-refractivity contribution in [2.75, 3.05) is 0 Å². The number of phenolic OH excluding ortho intramolecular Hbond substituents is 1. The summed E-state index contributed by atoms with van der Waals surface area (Å²) >= 11 is 0. The molecule has 0 spiro atoms. The van der Waals surface area contributed by atoms with E-state index in [9.17, 15) is 5.11 Å². The molecule has 0 fully saturated rings. The predicted octanol–water partition coefficient (Wildman–Crippen LogP) is 5.95. The normalized spacial score (nSPS) is 11.0. The molecular formula is C23H27NO. The highest BCUT2D eigenvalue weighted by Gasteiger charge is 2.08. The molecule has 0 saturated heterocycles. The summed E-state index contributed by atoms with van der Waals surface area (Å²) < 4.78 is 2.33. The minimum absolute atomic E-state index is 0.303. The second kappa shape index (κ2) is 8.06. The molecule has 0 bridgehead atoms. The second-order valence-electron chi connectivity index (χ2n) is 6.77. The number of phenols is 1. The second-order valence-corrected chi connectivity index (χ2v) is 6.77. The first-order chi connectivity index (χ1) is 12.2. The molecule has 1 heterocycles. The van der Waals surface area contributed by atoms with Gasteiger partial charge in [-0.3, -0.25) is 0 Å². The number of benzene rings is 2. The Hall–Kier alpha value is -2.48. The van der Waals surface area contributed by atoms with E-state index in [1.54, 1.807) is 12.1 Å². The fraction of sp³-hybridized carbons (Fsp3) is 0.304. The van der Waals surface area contributed by atoms with Gasteiger partial charge >= 0.3 is 0 Å². The monoisotopic (exact) mass is 333 g/mol. The van der Waals surface area contributed by atoms with Gasteiger partial charge in [-0.1, -0.05) is 44.0 Å². The Kier molecular flexibility index (Phi) is 5.60. The summed E-state index contributed by atoms with van der Waals surface area (Å²) in [6, 6.07) is 20.8. The van der Waals surface area contributed by atoms with Crippen molar-refractivity contribution in [2.45, 2.75) is 46.1 Å². The maximum atomic E-state index is 9.51. The van der Waals surface area contributed by atoms with E-state index in [0.717, 1.165) is 12.1 Å². The number of aromatic nitrogens is 1. The summed E-state index contributed by atoms with van der Waals surface area (Å²) in [6.45, 7) is 5.25. The fourth-order valence-electron chi connectivity index (χ4n) is 3.24. The average Bonchev–Trinajstić information content (AvgIpc) is 2.98. The van der Waals surface area contributed by atoms with Crippen molar-refractivity contribution in [2.24, 2.45) is 0 Å². The van der Waals surface area contributed by atoms with E-state index < -0.39 is 0 Å². The summed E-state index contributed by atoms with van der Waals surface area (Å²) in [7, 11) is 0. The molecule has 0 unspecified atom stereocenters. The van der Waals surface area contributed by atoms with E-state index in [2.05, 4.69) is 54.8 Å². The van der Waals surface area contributed by atoms with Crippen LogP contribution in [0.3, 0.4) is 0 Å². The van der Waals surface area contributed by atoms with Crippen LogP contribution in [0, 0.1) is 6.92 Å². The number of aromatic hydroxyl groups is 1. The third kappa shape index (κ3) is 4.33. The van der Waals surface area contributed by atoms with Crippen LogP contribution in [0.15, 0.2) is 60.7 Å². The van der Waals surface area contributed by atoms with E-state index >= 15 is 0 Å². The quantitative estimate of drug-likeness (QED) is 0.531. The van der Waals surface area contributed by atoms with Gasteiger partial charge in [0.2, 0.25) is 0 Å². The lowest BCUT2D eigenvalue weighted by Crippen LogP contribution is -2.03. The molecule has 0 amide bonds. The van der Waals surface area contributed by atoms with Crippen LogP contribution in [0.5, 0.6) is 5.75 Å². The zero-order valence-electron chi connectivity index (χ0n) is 15.2. The van der Waals surface area contributed by atoms with Crippen LogP contribution >= 0.6 is 0 Å². The summed E-state index contributed by atoms with van der Waals surface area (Å²) in [5, 5.41) is 9.51. The van der Waals surface area contributed by atoms with Gasteiger partial charge < -0.3 is 9.67 Å². The zero-order valence-corrected chi connectivity index (χ0v) is 15.2. The summed E-state index contributed by atoms with van der Waals surface area (Å²) in [6.07, 6.45) is 5.03. The SMILES string of the molecule is CCCCCc1ccc(Cn2c(C)ccc2-c2ccc(O)cc2)cc1. The molecule has 2 aromatic carbocycles. The van der Waals surface area contributed by atoms with Gasteiger partial charge in [-0.15, -0.1) is 0 Å². The van der Waals surface area contributed by atoms with Gasteiger partial charge in [0.05, 0.1) is 0 Å². The number of aryl methyl sites for hydroxylation is 2. The molecule has 130 valence electrons. The standard InChI is InChI=1S/C23H27NO/c1-3-4-5-6-19-8-10-20(11-9-19)17-24-18(2)7-16-23(24)21-12-14-22(25)15-13-21/h7-16,25H,3-6,17H2,1-2H3. The molecule has 0 aliphatic heterocycles. The molecule has 1 aromatic heterocycles. The van der Waals surface area contributed by atoms with Crippen LogP contribution < -0.4 is 0 Å². The summed E-state index contributed by atoms with van der Waals surface area (Å²) in [5.74, 6) is 0.303. The van der Waals surface area contributed by atoms with Crippen molar-refractivity contribution in [3.8, 4) is 17.0 Å². The van der Waals surface area contributed by atoms with E-state index in [4.69, 9.17) is 0 Å². The van der Waals surface area contributed by atoms with Crippen molar-refractivity contribution in [3.63, 3.8) is 0 Å². The van der Waals surface area contributed by atoms with E-state index in [-0.39, 0.29) is 0 Å². The largest absolute Gasteiger partial charge is 0.508 e. The Labute approximate surface area is 150 Å². The third-order valence-corrected chi connectivity index (χ3v) is 4.79. The zero-order chi connectivity index (χ0) is 17.6. The molecule has 25 heavy (non-hydrogen) atoms. The molecule has 2 nitrogen and oxygen atoms in total. The molecule has 0 aliphatic carbocycles. The van der Waals surface area contributed by atoms with Crippen LogP contribution in [0.2, 0.25) is 0 Å². The Morgan fingerprint density at radius 1 is 0.800 bits per heavy atom. The lowest BCUT2D eigenvalue weighted by Gasteiger charge is -2.13. The van der Waals surface area contributed by atoms with E-state index in [1.165, 1.54) is 48.2 Å². The fourth-order valence-corrected chi connectivity index (χ4v) is 3.24. The maximum Gasteiger partial charge on any atom is 0.115 e. The van der Waals surface area contributed by atoms with Crippen LogP contribution in [0.1, 0.15) is 43.0 Å². The smallest absolute Gasteiger partial charge is 0.115 e. The van der Waals surface area contributed by atoms with Gasteiger partial charge in [-0.05, 0) is 72.9 Å². The van der Waals surface area contributed by atoms with Crippen molar-refractivity contribution < 1.29 is 5.11 Å². The van der Waals surface area contributed by atoms with E-state index in [0.29, 0.717) is 5.75 Å². The Morgan fingerprint density at radius 2 is 1.48 bits per heavy atom. The van der Waals surface area contributed by atoms with Crippen molar-refractivity contribution in [1.29, 1.82) is 0 Å². The Morgan fingerprint density at radius 3 is 2.16 bits per heavy atom. The average molecular weight is 333 g/mol. The van der Waals surface area contributed by atoms with Gasteiger partial charge in [0, 0.05) is 17.9 Å². The first-order valence-electron chi connectivity index (χ1n) is 9.20. The summed E-state index contributed by atoms with van der Waals surface area (Å²) in [4.78, 5) is 0. The van der Waals surface area contributed by atoms with Crippen LogP contribution in [-0.4, -0.2) is 9.67 Å². The minimum atomic E-state index is 0.303. The van der Waals surface area contributed by atoms with Crippen molar-refractivity contribution >= 4 is 0 Å². The highest BCUT2D eigenvalue weighted by atomic mass is 16.3. The van der Waals surface area contributed by atoms with Crippen LogP contribution in [0.4, 0.5) is 0 Å². The number of nitrogens with zero attached hydrogens (tertiary/aromatic N) is 1. The number of unbranched alkanes of at least 4 members (excludes halogenated alkanes) is 2. The maximum absolute atomic E-state index is 9.51. The van der Waals surface area contributed by atoms with Gasteiger partial charge in [-0.2, -0.15) is 0 Å². The molecule has 0 radical (unpaired) electrons. The molecule has 2 heteroatoms. The van der Waals surface area contributed by atoms with Crippen molar-refractivity contribution in [3.05, 3.63) is 77.5 Å². The lowest BCUT2D eigenvalue weighted by molar-refractivity contribution is 0.475. The molecule has 3 rings (SSSR count). The van der Waals surface area contributed by atoms with Crippen molar-refractivity contribution in [1.82, 2.24) is 4.57 Å². The molecule has 0 atom stereocenters. The molecule has 0 aliphatic rings. The summed E-state index contributed by atoms with van der Waals surface area (Å²) in [5.41, 5.74) is 6.31. The first-order valence-corrected chi connectivity index (χ1v) is 9.20. The minimum Gasteiger partial charge on any atom is -0.508 e. The van der Waals surface area contributed by atoms with Gasteiger partial charge in [0.15, 0.2) is 0 Å². The Bertz CT molecular complexity index is 797. The third-order valence-electron chi connectivity index (χ3n) is 4.79. The van der Waals surface area contributed by atoms with Gasteiger partial charge in [0.25, 0.3) is 0 Å². The molecule has 3 aromatic rings. The molecular weight excluding hydrogens is 306 g/mol. The highest BCUT2D eigenvalue weighted by Crippen LogP contribution is 2.25. The first kappa shape index (κ1) is 17.3. The number of hydrogen-bond donors (Lipinski definition) is 1. The van der Waals surface area contributed by atoms with Crippen LogP contribution in [0.25, 0.3) is 11.3 Å².